The summed E-state index contributed by atoms with van der Waals surface area (Å²) in [5, 5.41) is 14.6. The van der Waals surface area contributed by atoms with E-state index in [1.165, 1.54) is 24.7 Å². The number of rotatable bonds is 8. The summed E-state index contributed by atoms with van der Waals surface area (Å²) in [4.78, 5) is 36.2. The van der Waals surface area contributed by atoms with Crippen LogP contribution in [0.2, 0.25) is 0 Å². The number of hydrogen-bond acceptors (Lipinski definition) is 9. The van der Waals surface area contributed by atoms with Gasteiger partial charge in [-0.15, -0.1) is 28.8 Å². The van der Waals surface area contributed by atoms with E-state index in [1.54, 1.807) is 13.0 Å². The van der Waals surface area contributed by atoms with Crippen LogP contribution in [0.4, 0.5) is 23.8 Å². The second-order valence-corrected chi connectivity index (χ2v) is 10.6. The van der Waals surface area contributed by atoms with Gasteiger partial charge in [-0.2, -0.15) is 13.2 Å². The minimum absolute atomic E-state index is 0. The molecule has 2 amide bonds. The van der Waals surface area contributed by atoms with Gasteiger partial charge in [0.1, 0.15) is 10.8 Å². The Morgan fingerprint density at radius 2 is 1.88 bits per heavy atom. The zero-order valence-corrected chi connectivity index (χ0v) is 24.0. The highest BCUT2D eigenvalue weighted by molar-refractivity contribution is 7.15. The van der Waals surface area contributed by atoms with Crippen LogP contribution in [0, 0.1) is 0 Å². The Balaban J connectivity index is 0.00000405. The summed E-state index contributed by atoms with van der Waals surface area (Å²) in [6.07, 6.45) is 4.78. The molecule has 0 spiro atoms. The molecule has 1 aliphatic rings. The lowest BCUT2D eigenvalue weighted by atomic mass is 9.95. The highest BCUT2D eigenvalue weighted by Gasteiger charge is 2.38. The quantitative estimate of drug-likeness (QED) is 0.197. The molecule has 1 aliphatic carbocycles. The molecular formula is C26H28ClF3N8O3S. The molecule has 0 atom stereocenters. The number of aromatic nitrogens is 5. The molecular weight excluding hydrogens is 597 g/mol. The average Bonchev–Trinajstić information content (AvgIpc) is 3.59. The van der Waals surface area contributed by atoms with Gasteiger partial charge in [0.15, 0.2) is 5.69 Å². The molecule has 4 aromatic heterocycles. The van der Waals surface area contributed by atoms with E-state index in [0.717, 1.165) is 43.4 Å². The van der Waals surface area contributed by atoms with E-state index < -0.39 is 23.7 Å². The molecule has 4 aromatic rings. The smallest absolute Gasteiger partial charge is 0.388 e. The second-order valence-electron chi connectivity index (χ2n) is 9.48. The number of aromatic amines is 1. The van der Waals surface area contributed by atoms with Crippen molar-refractivity contribution in [2.45, 2.75) is 57.8 Å². The molecule has 0 aliphatic heterocycles. The van der Waals surface area contributed by atoms with Gasteiger partial charge in [-0.3, -0.25) is 10.3 Å². The number of thiazole rings is 1. The number of pyridine rings is 2. The fourth-order valence-electron chi connectivity index (χ4n) is 4.66. The third-order valence-corrected chi connectivity index (χ3v) is 7.66. The third kappa shape index (κ3) is 7.33. The van der Waals surface area contributed by atoms with Crippen LogP contribution in [-0.2, 0) is 12.7 Å². The average molecular weight is 625 g/mol. The lowest BCUT2D eigenvalue weighted by Gasteiger charge is -2.22. The van der Waals surface area contributed by atoms with Crippen LogP contribution in [0.15, 0.2) is 39.9 Å². The largest absolute Gasteiger partial charge is 0.434 e. The van der Waals surface area contributed by atoms with Crippen molar-refractivity contribution in [2.75, 3.05) is 11.9 Å². The number of carbonyl (C=O) groups excluding carboxylic acids is 1. The van der Waals surface area contributed by atoms with E-state index in [2.05, 4.69) is 41.1 Å². The SMILES string of the molecule is CCNC(=O)Nc1cc(-c2nc(C(F)(F)F)c(CNC3CCCCC3)s2)c(-c2cncc(-c3n[nH]c(=O)o3)c2)cn1.Cl. The third-order valence-electron chi connectivity index (χ3n) is 6.57. The van der Waals surface area contributed by atoms with Crippen LogP contribution in [-0.4, -0.2) is 43.8 Å². The Morgan fingerprint density at radius 1 is 1.12 bits per heavy atom. The molecule has 0 aromatic carbocycles. The fourth-order valence-corrected chi connectivity index (χ4v) is 5.72. The predicted molar refractivity (Wildman–Crippen MR) is 153 cm³/mol. The van der Waals surface area contributed by atoms with Crippen molar-refractivity contribution < 1.29 is 22.4 Å². The number of amides is 2. The van der Waals surface area contributed by atoms with Gasteiger partial charge in [0.2, 0.25) is 0 Å². The first-order valence-corrected chi connectivity index (χ1v) is 13.9. The Hall–Kier alpha value is -3.82. The number of anilines is 1. The van der Waals surface area contributed by atoms with Crippen LogP contribution in [0.3, 0.4) is 0 Å². The summed E-state index contributed by atoms with van der Waals surface area (Å²) < 4.78 is 47.4. The van der Waals surface area contributed by atoms with Crippen molar-refractivity contribution in [1.82, 2.24) is 35.8 Å². The summed E-state index contributed by atoms with van der Waals surface area (Å²) in [7, 11) is 0. The first-order chi connectivity index (χ1) is 19.7. The van der Waals surface area contributed by atoms with Gasteiger partial charge in [0.25, 0.3) is 5.89 Å². The predicted octanol–water partition coefficient (Wildman–Crippen LogP) is 5.61. The zero-order valence-electron chi connectivity index (χ0n) is 22.4. The van der Waals surface area contributed by atoms with Crippen molar-refractivity contribution in [3.63, 3.8) is 0 Å². The summed E-state index contributed by atoms with van der Waals surface area (Å²) in [6, 6.07) is 2.75. The highest BCUT2D eigenvalue weighted by atomic mass is 35.5. The van der Waals surface area contributed by atoms with Gasteiger partial charge in [-0.25, -0.2) is 24.7 Å². The summed E-state index contributed by atoms with van der Waals surface area (Å²) >= 11 is 0.931. The number of nitrogens with one attached hydrogen (secondary N) is 4. The molecule has 4 heterocycles. The van der Waals surface area contributed by atoms with E-state index >= 15 is 0 Å². The molecule has 11 nitrogen and oxygen atoms in total. The molecule has 0 saturated heterocycles. The van der Waals surface area contributed by atoms with E-state index in [9.17, 15) is 22.8 Å². The Morgan fingerprint density at radius 3 is 2.57 bits per heavy atom. The number of halogens is 4. The van der Waals surface area contributed by atoms with Gasteiger partial charge >= 0.3 is 18.0 Å². The number of alkyl halides is 3. The van der Waals surface area contributed by atoms with E-state index in [-0.39, 0.29) is 46.6 Å². The van der Waals surface area contributed by atoms with Crippen molar-refractivity contribution in [2.24, 2.45) is 0 Å². The number of H-pyrrole nitrogens is 1. The van der Waals surface area contributed by atoms with E-state index in [0.29, 0.717) is 28.8 Å². The minimum atomic E-state index is -4.66. The molecule has 5 rings (SSSR count). The molecule has 224 valence electrons. The number of hydrogen-bond donors (Lipinski definition) is 4. The highest BCUT2D eigenvalue weighted by Crippen LogP contribution is 2.41. The Labute approximate surface area is 248 Å². The van der Waals surface area contributed by atoms with Crippen molar-refractivity contribution in [1.29, 1.82) is 0 Å². The van der Waals surface area contributed by atoms with Crippen LogP contribution in [0.25, 0.3) is 33.2 Å². The standard InChI is InChI=1S/C26H27F3N8O3S.ClH/c1-2-31-24(38)34-20-9-17(18(12-33-20)14-8-15(11-30-10-14)22-36-37-25(39)40-22)23-35-21(26(27,28)29)19(41-23)13-32-16-6-4-3-5-7-16;/h8-12,16,32H,2-7,13H2,1H3,(H,37,39)(H2,31,33,34,38);1H. The van der Waals surface area contributed by atoms with Crippen LogP contribution < -0.4 is 21.7 Å². The van der Waals surface area contributed by atoms with Crippen molar-refractivity contribution in [3.05, 3.63) is 51.8 Å². The fraction of sp³-hybridized carbons (Fsp3) is 0.385. The zero-order chi connectivity index (χ0) is 29.0. The molecule has 1 fully saturated rings. The molecule has 16 heteroatoms. The van der Waals surface area contributed by atoms with Gasteiger partial charge in [-0.05, 0) is 31.9 Å². The number of carbonyl (C=O) groups is 1. The monoisotopic (exact) mass is 624 g/mol. The van der Waals surface area contributed by atoms with E-state index in [4.69, 9.17) is 4.42 Å². The lowest BCUT2D eigenvalue weighted by Crippen LogP contribution is -2.30. The first kappa shape index (κ1) is 31.1. The van der Waals surface area contributed by atoms with Crippen LogP contribution in [0.1, 0.15) is 49.6 Å². The summed E-state index contributed by atoms with van der Waals surface area (Å²) in [5.41, 5.74) is 0.600. The van der Waals surface area contributed by atoms with E-state index in [1.807, 2.05) is 0 Å². The van der Waals surface area contributed by atoms with Gasteiger partial charge < -0.3 is 15.1 Å². The number of urea groups is 1. The maximum atomic E-state index is 14.1. The molecule has 4 N–H and O–H groups in total. The van der Waals surface area contributed by atoms with Crippen LogP contribution in [0.5, 0.6) is 0 Å². The minimum Gasteiger partial charge on any atom is -0.388 e. The molecule has 1 saturated carbocycles. The van der Waals surface area contributed by atoms with Crippen molar-refractivity contribution in [3.8, 4) is 33.2 Å². The Kier molecular flexibility index (Phi) is 9.96. The Bertz CT molecular complexity index is 1580. The van der Waals surface area contributed by atoms with Gasteiger partial charge in [0.05, 0.1) is 10.4 Å². The lowest BCUT2D eigenvalue weighted by molar-refractivity contribution is -0.141. The van der Waals surface area contributed by atoms with Crippen LogP contribution >= 0.6 is 23.7 Å². The molecule has 0 radical (unpaired) electrons. The molecule has 42 heavy (non-hydrogen) atoms. The maximum Gasteiger partial charge on any atom is 0.434 e. The summed E-state index contributed by atoms with van der Waals surface area (Å²) in [5.74, 6) is -0.619. The topological polar surface area (TPSA) is 151 Å². The van der Waals surface area contributed by atoms with Gasteiger partial charge in [0, 0.05) is 54.4 Å². The summed E-state index contributed by atoms with van der Waals surface area (Å²) in [6.45, 7) is 2.16. The molecule has 0 bridgehead atoms. The second kappa shape index (κ2) is 13.4. The molecule has 0 unspecified atom stereocenters. The number of nitrogens with zero attached hydrogens (tertiary/aromatic N) is 4. The maximum absolute atomic E-state index is 14.1. The first-order valence-electron chi connectivity index (χ1n) is 13.1. The van der Waals surface area contributed by atoms with Crippen molar-refractivity contribution >= 4 is 35.6 Å². The normalized spacial score (nSPS) is 13.9. The van der Waals surface area contributed by atoms with Gasteiger partial charge in [-0.1, -0.05) is 19.3 Å².